The van der Waals surface area contributed by atoms with Gasteiger partial charge in [-0.3, -0.25) is 4.79 Å². The first-order chi connectivity index (χ1) is 15.0. The van der Waals surface area contributed by atoms with Crippen LogP contribution in [0.5, 0.6) is 17.2 Å². The van der Waals surface area contributed by atoms with E-state index in [2.05, 4.69) is 10.3 Å². The number of hydrogen-bond acceptors (Lipinski definition) is 6. The Morgan fingerprint density at radius 1 is 1.16 bits per heavy atom. The summed E-state index contributed by atoms with van der Waals surface area (Å²) in [4.78, 5) is 16.8. The Balaban J connectivity index is 1.61. The first-order valence-corrected chi connectivity index (χ1v) is 10.7. The number of nitrogens with zero attached hydrogens (tertiary/aromatic N) is 1. The average Bonchev–Trinajstić information content (AvgIpc) is 3.21. The predicted molar refractivity (Wildman–Crippen MR) is 123 cm³/mol. The van der Waals surface area contributed by atoms with Crippen LogP contribution in [0, 0.1) is 6.92 Å². The summed E-state index contributed by atoms with van der Waals surface area (Å²) in [5.41, 5.74) is 2.62. The van der Waals surface area contributed by atoms with Crippen molar-refractivity contribution in [2.45, 2.75) is 26.5 Å². The second-order valence-electron chi connectivity index (χ2n) is 6.89. The molecular weight excluding hydrogens is 412 g/mol. The molecule has 0 aliphatic rings. The molecule has 2 aromatic carbocycles. The summed E-state index contributed by atoms with van der Waals surface area (Å²) in [5, 5.41) is 5.96. The summed E-state index contributed by atoms with van der Waals surface area (Å²) in [6, 6.07) is 12.8. The van der Waals surface area contributed by atoms with E-state index in [1.165, 1.54) is 6.08 Å². The fourth-order valence-electron chi connectivity index (χ4n) is 3.03. The van der Waals surface area contributed by atoms with Crippen molar-refractivity contribution in [3.63, 3.8) is 0 Å². The van der Waals surface area contributed by atoms with Gasteiger partial charge in [0.25, 0.3) is 0 Å². The maximum Gasteiger partial charge on any atom is 0.244 e. The first-order valence-electron chi connectivity index (χ1n) is 9.83. The van der Waals surface area contributed by atoms with Crippen LogP contribution in [0.15, 0.2) is 53.9 Å². The summed E-state index contributed by atoms with van der Waals surface area (Å²) in [6.45, 7) is 4.28. The van der Waals surface area contributed by atoms with E-state index in [4.69, 9.17) is 14.2 Å². The highest BCUT2D eigenvalue weighted by Crippen LogP contribution is 2.29. The van der Waals surface area contributed by atoms with E-state index in [0.29, 0.717) is 18.1 Å². The van der Waals surface area contributed by atoms with Gasteiger partial charge in [-0.15, -0.1) is 11.3 Å². The lowest BCUT2D eigenvalue weighted by Gasteiger charge is -2.17. The molecule has 6 nitrogen and oxygen atoms in total. The molecule has 1 amide bonds. The van der Waals surface area contributed by atoms with Crippen LogP contribution in [0.25, 0.3) is 6.08 Å². The van der Waals surface area contributed by atoms with E-state index in [1.807, 2.05) is 61.7 Å². The molecule has 31 heavy (non-hydrogen) atoms. The van der Waals surface area contributed by atoms with Crippen molar-refractivity contribution in [2.75, 3.05) is 14.2 Å². The topological polar surface area (TPSA) is 69.7 Å². The van der Waals surface area contributed by atoms with Crippen LogP contribution in [0.2, 0.25) is 0 Å². The van der Waals surface area contributed by atoms with Gasteiger partial charge in [-0.05, 0) is 55.8 Å². The van der Waals surface area contributed by atoms with Crippen LogP contribution in [0.4, 0.5) is 0 Å². The standard InChI is InChI=1S/C24H26N2O4S/c1-16(22-13-20(28-3)9-10-23(22)29-4)25-24(27)11-8-18-6-5-7-21(12-18)30-14-19-15-31-17(2)26-19/h5-13,15-16H,14H2,1-4H3,(H,25,27)/b11-8+. The second-order valence-corrected chi connectivity index (χ2v) is 7.95. The van der Waals surface area contributed by atoms with E-state index in [1.54, 1.807) is 31.6 Å². The van der Waals surface area contributed by atoms with Crippen LogP contribution in [0.3, 0.4) is 0 Å². The average molecular weight is 439 g/mol. The molecule has 3 aromatic rings. The van der Waals surface area contributed by atoms with E-state index < -0.39 is 0 Å². The number of carbonyl (C=O) groups is 1. The highest BCUT2D eigenvalue weighted by Gasteiger charge is 2.14. The Hall–Kier alpha value is -3.32. The van der Waals surface area contributed by atoms with E-state index in [9.17, 15) is 4.79 Å². The monoisotopic (exact) mass is 438 g/mol. The van der Waals surface area contributed by atoms with Gasteiger partial charge in [0.15, 0.2) is 0 Å². The third-order valence-electron chi connectivity index (χ3n) is 4.60. The molecule has 1 atom stereocenters. The first kappa shape index (κ1) is 22.4. The van der Waals surface area contributed by atoms with Gasteiger partial charge in [-0.25, -0.2) is 4.98 Å². The van der Waals surface area contributed by atoms with E-state index in [-0.39, 0.29) is 11.9 Å². The molecule has 1 unspecified atom stereocenters. The second kappa shape index (κ2) is 10.6. The molecule has 3 rings (SSSR count). The minimum absolute atomic E-state index is 0.207. The SMILES string of the molecule is COc1ccc(OC)c(C(C)NC(=O)/C=C/c2cccc(OCc3csc(C)n3)c2)c1. The van der Waals surface area contributed by atoms with Crippen molar-refractivity contribution in [2.24, 2.45) is 0 Å². The van der Waals surface area contributed by atoms with Crippen molar-refractivity contribution >= 4 is 23.3 Å². The van der Waals surface area contributed by atoms with Gasteiger partial charge >= 0.3 is 0 Å². The fourth-order valence-corrected chi connectivity index (χ4v) is 3.63. The van der Waals surface area contributed by atoms with Crippen molar-refractivity contribution in [1.29, 1.82) is 0 Å². The minimum Gasteiger partial charge on any atom is -0.497 e. The van der Waals surface area contributed by atoms with Gasteiger partial charge in [0.05, 0.1) is 31.0 Å². The number of hydrogen-bond donors (Lipinski definition) is 1. The lowest BCUT2D eigenvalue weighted by molar-refractivity contribution is -0.117. The molecular formula is C24H26N2O4S. The number of carbonyl (C=O) groups excluding carboxylic acids is 1. The normalized spacial score (nSPS) is 11.9. The third kappa shape index (κ3) is 6.33. The maximum atomic E-state index is 12.4. The van der Waals surface area contributed by atoms with Crippen LogP contribution in [-0.2, 0) is 11.4 Å². The molecule has 1 heterocycles. The van der Waals surface area contributed by atoms with Gasteiger partial charge in [-0.1, -0.05) is 12.1 Å². The Bertz CT molecular complexity index is 1060. The summed E-state index contributed by atoms with van der Waals surface area (Å²) in [6.07, 6.45) is 3.26. The highest BCUT2D eigenvalue weighted by atomic mass is 32.1. The van der Waals surface area contributed by atoms with Crippen molar-refractivity contribution < 1.29 is 19.0 Å². The lowest BCUT2D eigenvalue weighted by Crippen LogP contribution is -2.25. The van der Waals surface area contributed by atoms with Crippen molar-refractivity contribution in [3.05, 3.63) is 75.7 Å². The number of aromatic nitrogens is 1. The van der Waals surface area contributed by atoms with Gasteiger partial charge in [0.1, 0.15) is 23.9 Å². The number of methoxy groups -OCH3 is 2. The van der Waals surface area contributed by atoms with Gasteiger partial charge in [0.2, 0.25) is 5.91 Å². The number of amides is 1. The van der Waals surface area contributed by atoms with Crippen LogP contribution in [0.1, 0.15) is 34.8 Å². The highest BCUT2D eigenvalue weighted by molar-refractivity contribution is 7.09. The minimum atomic E-state index is -0.251. The van der Waals surface area contributed by atoms with E-state index >= 15 is 0 Å². The van der Waals surface area contributed by atoms with Crippen molar-refractivity contribution in [1.82, 2.24) is 10.3 Å². The number of ether oxygens (including phenoxy) is 3. The summed E-state index contributed by atoms with van der Waals surface area (Å²) in [7, 11) is 3.21. The summed E-state index contributed by atoms with van der Waals surface area (Å²) >= 11 is 1.60. The summed E-state index contributed by atoms with van der Waals surface area (Å²) < 4.78 is 16.5. The van der Waals surface area contributed by atoms with Gasteiger partial charge in [0, 0.05) is 17.0 Å². The van der Waals surface area contributed by atoms with E-state index in [0.717, 1.165) is 27.6 Å². The number of benzene rings is 2. The van der Waals surface area contributed by atoms with Gasteiger partial charge < -0.3 is 19.5 Å². The van der Waals surface area contributed by atoms with Crippen LogP contribution >= 0.6 is 11.3 Å². The molecule has 0 saturated carbocycles. The Morgan fingerprint density at radius 2 is 2.00 bits per heavy atom. The Kier molecular flexibility index (Phi) is 7.67. The number of thiazole rings is 1. The molecule has 0 aliphatic heterocycles. The molecule has 0 saturated heterocycles. The van der Waals surface area contributed by atoms with Gasteiger partial charge in [-0.2, -0.15) is 0 Å². The maximum absolute atomic E-state index is 12.4. The van der Waals surface area contributed by atoms with Crippen molar-refractivity contribution in [3.8, 4) is 17.2 Å². The zero-order valence-corrected chi connectivity index (χ0v) is 18.9. The molecule has 0 fully saturated rings. The zero-order valence-electron chi connectivity index (χ0n) is 18.0. The molecule has 0 bridgehead atoms. The number of aryl methyl sites for hydroxylation is 1. The lowest BCUT2D eigenvalue weighted by atomic mass is 10.1. The van der Waals surface area contributed by atoms with Crippen LogP contribution in [-0.4, -0.2) is 25.1 Å². The molecule has 1 N–H and O–H groups in total. The molecule has 0 aliphatic carbocycles. The molecule has 1 aromatic heterocycles. The Morgan fingerprint density at radius 3 is 2.71 bits per heavy atom. The smallest absolute Gasteiger partial charge is 0.244 e. The molecule has 7 heteroatoms. The fraction of sp³-hybridized carbons (Fsp3) is 0.250. The molecule has 162 valence electrons. The third-order valence-corrected chi connectivity index (χ3v) is 5.42. The molecule has 0 radical (unpaired) electrons. The van der Waals surface area contributed by atoms with Crippen LogP contribution < -0.4 is 19.5 Å². The summed E-state index contributed by atoms with van der Waals surface area (Å²) in [5.74, 6) is 1.92. The Labute approximate surface area is 186 Å². The predicted octanol–water partition coefficient (Wildman–Crippen LogP) is 4.94. The zero-order chi connectivity index (χ0) is 22.2. The number of nitrogens with one attached hydrogen (secondary N) is 1. The molecule has 0 spiro atoms. The number of rotatable bonds is 9. The largest absolute Gasteiger partial charge is 0.497 e. The quantitative estimate of drug-likeness (QED) is 0.479.